The monoisotopic (exact) mass is 364 g/mol. The van der Waals surface area contributed by atoms with Gasteiger partial charge in [0.05, 0.1) is 12.1 Å². The highest BCUT2D eigenvalue weighted by Crippen LogP contribution is 2.28. The van der Waals surface area contributed by atoms with Crippen molar-refractivity contribution in [1.82, 2.24) is 0 Å². The molecule has 130 valence electrons. The second-order valence-electron chi connectivity index (χ2n) is 4.88. The molecule has 0 saturated carbocycles. The number of carbonyl (C=O) groups is 2. The number of carbonyl (C=O) groups excluding carboxylic acids is 1. The lowest BCUT2D eigenvalue weighted by Crippen LogP contribution is -2.10. The Morgan fingerprint density at radius 2 is 2.00 bits per heavy atom. The second kappa shape index (κ2) is 8.30. The number of methoxy groups -OCH3 is 1. The van der Waals surface area contributed by atoms with Gasteiger partial charge in [-0.05, 0) is 42.5 Å². The van der Waals surface area contributed by atoms with Crippen LogP contribution in [0.3, 0.4) is 0 Å². The van der Waals surface area contributed by atoms with Gasteiger partial charge in [0.15, 0.2) is 23.9 Å². The molecular weight excluding hydrogens is 351 g/mol. The molecule has 0 radical (unpaired) electrons. The van der Waals surface area contributed by atoms with Crippen LogP contribution in [0.1, 0.15) is 15.9 Å². The van der Waals surface area contributed by atoms with Gasteiger partial charge in [0.1, 0.15) is 5.82 Å². The fourth-order valence-electron chi connectivity index (χ4n) is 2.00. The highest BCUT2D eigenvalue weighted by Gasteiger charge is 2.11. The van der Waals surface area contributed by atoms with Gasteiger partial charge in [0.25, 0.3) is 0 Å². The third-order valence-electron chi connectivity index (χ3n) is 3.20. The molecule has 2 aromatic carbocycles. The molecule has 7 heteroatoms. The van der Waals surface area contributed by atoms with Gasteiger partial charge in [-0.15, -0.1) is 0 Å². The molecule has 0 fully saturated rings. The molecule has 0 heterocycles. The van der Waals surface area contributed by atoms with E-state index in [1.54, 1.807) is 0 Å². The van der Waals surface area contributed by atoms with Gasteiger partial charge in [0.2, 0.25) is 0 Å². The van der Waals surface area contributed by atoms with Crippen LogP contribution in [0, 0.1) is 5.82 Å². The molecular formula is C18H14ClFO5. The molecule has 0 saturated heterocycles. The van der Waals surface area contributed by atoms with Crippen LogP contribution >= 0.6 is 11.6 Å². The van der Waals surface area contributed by atoms with Crippen LogP contribution < -0.4 is 9.47 Å². The third kappa shape index (κ3) is 4.81. The number of benzene rings is 2. The number of allylic oxidation sites excluding steroid dienone is 1. The average molecular weight is 365 g/mol. The molecule has 25 heavy (non-hydrogen) atoms. The van der Waals surface area contributed by atoms with Crippen molar-refractivity contribution >= 4 is 29.4 Å². The van der Waals surface area contributed by atoms with Crippen LogP contribution in [0.15, 0.2) is 42.5 Å². The summed E-state index contributed by atoms with van der Waals surface area (Å²) in [6.07, 6.45) is 2.48. The number of carboxylic acid groups (broad SMARTS) is 1. The molecule has 2 aromatic rings. The summed E-state index contributed by atoms with van der Waals surface area (Å²) in [6.45, 7) is -0.532. The van der Waals surface area contributed by atoms with E-state index in [9.17, 15) is 14.0 Å². The predicted octanol–water partition coefficient (Wildman–Crippen LogP) is 3.85. The number of ketones is 1. The van der Waals surface area contributed by atoms with E-state index in [0.29, 0.717) is 0 Å². The van der Waals surface area contributed by atoms with Crippen molar-refractivity contribution in [3.63, 3.8) is 0 Å². The Hall–Kier alpha value is -2.86. The molecule has 0 aliphatic heterocycles. The van der Waals surface area contributed by atoms with Crippen molar-refractivity contribution in [1.29, 1.82) is 0 Å². The van der Waals surface area contributed by atoms with Crippen molar-refractivity contribution in [2.75, 3.05) is 13.7 Å². The molecule has 0 atom stereocenters. The molecule has 0 aromatic heterocycles. The molecule has 0 unspecified atom stereocenters. The summed E-state index contributed by atoms with van der Waals surface area (Å²) in [5.74, 6) is -1.66. The van der Waals surface area contributed by atoms with Gasteiger partial charge >= 0.3 is 5.97 Å². The van der Waals surface area contributed by atoms with E-state index in [4.69, 9.17) is 26.2 Å². The van der Waals surface area contributed by atoms with Crippen molar-refractivity contribution in [3.05, 3.63) is 64.4 Å². The van der Waals surface area contributed by atoms with E-state index in [1.807, 2.05) is 0 Å². The number of carboxylic acids is 1. The minimum absolute atomic E-state index is 0.117. The van der Waals surface area contributed by atoms with Crippen LogP contribution in [0.5, 0.6) is 11.5 Å². The minimum atomic E-state index is -1.13. The van der Waals surface area contributed by atoms with E-state index in [-0.39, 0.29) is 27.6 Å². The maximum Gasteiger partial charge on any atom is 0.341 e. The Balaban J connectivity index is 2.22. The summed E-state index contributed by atoms with van der Waals surface area (Å²) in [5, 5.41) is 8.83. The molecule has 0 spiro atoms. The Labute approximate surface area is 148 Å². The first-order valence-electron chi connectivity index (χ1n) is 7.11. The molecule has 0 bridgehead atoms. The average Bonchev–Trinajstić information content (AvgIpc) is 2.59. The highest BCUT2D eigenvalue weighted by molar-refractivity contribution is 6.32. The zero-order valence-corrected chi connectivity index (χ0v) is 13.9. The first-order chi connectivity index (χ1) is 11.9. The predicted molar refractivity (Wildman–Crippen MR) is 90.9 cm³/mol. The SMILES string of the molecule is COc1cc(C(=O)/C=C/c2c(F)cccc2Cl)ccc1OCC(=O)O. The Morgan fingerprint density at radius 1 is 1.24 bits per heavy atom. The topological polar surface area (TPSA) is 72.8 Å². The molecule has 2 rings (SSSR count). The van der Waals surface area contributed by atoms with Gasteiger partial charge in [-0.25, -0.2) is 9.18 Å². The smallest absolute Gasteiger partial charge is 0.341 e. The maximum atomic E-state index is 13.7. The van der Waals surface area contributed by atoms with Gasteiger partial charge in [0, 0.05) is 11.1 Å². The van der Waals surface area contributed by atoms with Crippen molar-refractivity contribution < 1.29 is 28.6 Å². The zero-order chi connectivity index (χ0) is 18.4. The number of halogens is 2. The van der Waals surface area contributed by atoms with E-state index in [1.165, 1.54) is 55.7 Å². The maximum absolute atomic E-state index is 13.7. The van der Waals surface area contributed by atoms with Crippen LogP contribution in [0.4, 0.5) is 4.39 Å². The molecule has 0 amide bonds. The fourth-order valence-corrected chi connectivity index (χ4v) is 2.23. The highest BCUT2D eigenvalue weighted by atomic mass is 35.5. The second-order valence-corrected chi connectivity index (χ2v) is 5.29. The Kier molecular flexibility index (Phi) is 6.14. The summed E-state index contributed by atoms with van der Waals surface area (Å²) in [5.41, 5.74) is 0.383. The van der Waals surface area contributed by atoms with Gasteiger partial charge in [-0.1, -0.05) is 17.7 Å². The van der Waals surface area contributed by atoms with E-state index >= 15 is 0 Å². The largest absolute Gasteiger partial charge is 0.493 e. The minimum Gasteiger partial charge on any atom is -0.493 e. The van der Waals surface area contributed by atoms with Crippen LogP contribution in [0.25, 0.3) is 6.08 Å². The Bertz CT molecular complexity index is 812. The number of aliphatic carboxylic acids is 1. The summed E-state index contributed by atoms with van der Waals surface area (Å²) in [4.78, 5) is 22.8. The number of hydrogen-bond donors (Lipinski definition) is 1. The third-order valence-corrected chi connectivity index (χ3v) is 3.53. The lowest BCUT2D eigenvalue weighted by molar-refractivity contribution is -0.139. The summed E-state index contributed by atoms with van der Waals surface area (Å²) in [6, 6.07) is 8.53. The van der Waals surface area contributed by atoms with Crippen molar-refractivity contribution in [3.8, 4) is 11.5 Å². The van der Waals surface area contributed by atoms with Crippen LogP contribution in [-0.4, -0.2) is 30.6 Å². The van der Waals surface area contributed by atoms with Gasteiger partial charge < -0.3 is 14.6 Å². The zero-order valence-electron chi connectivity index (χ0n) is 13.2. The molecule has 1 N–H and O–H groups in total. The Morgan fingerprint density at radius 3 is 2.64 bits per heavy atom. The number of rotatable bonds is 7. The summed E-state index contributed by atoms with van der Waals surface area (Å²) >= 11 is 5.90. The quantitative estimate of drug-likeness (QED) is 0.596. The van der Waals surface area contributed by atoms with Gasteiger partial charge in [-0.3, -0.25) is 4.79 Å². The van der Waals surface area contributed by atoms with Crippen molar-refractivity contribution in [2.24, 2.45) is 0 Å². The lowest BCUT2D eigenvalue weighted by atomic mass is 10.1. The molecule has 0 aliphatic carbocycles. The van der Waals surface area contributed by atoms with Crippen molar-refractivity contribution in [2.45, 2.75) is 0 Å². The van der Waals surface area contributed by atoms with Crippen LogP contribution in [0.2, 0.25) is 5.02 Å². The number of ether oxygens (including phenoxy) is 2. The van der Waals surface area contributed by atoms with E-state index in [0.717, 1.165) is 0 Å². The normalized spacial score (nSPS) is 10.7. The molecule has 5 nitrogen and oxygen atoms in total. The standard InChI is InChI=1S/C18H14ClFO5/c1-24-17-9-11(5-8-16(17)25-10-18(22)23)15(21)7-6-12-13(19)3-2-4-14(12)20/h2-9H,10H2,1H3,(H,22,23)/b7-6+. The fraction of sp³-hybridized carbons (Fsp3) is 0.111. The molecule has 0 aliphatic rings. The first-order valence-corrected chi connectivity index (χ1v) is 7.49. The summed E-state index contributed by atoms with van der Waals surface area (Å²) in [7, 11) is 1.37. The lowest BCUT2D eigenvalue weighted by Gasteiger charge is -2.10. The van der Waals surface area contributed by atoms with Gasteiger partial charge in [-0.2, -0.15) is 0 Å². The van der Waals surface area contributed by atoms with Crippen LogP contribution in [-0.2, 0) is 4.79 Å². The first kappa shape index (κ1) is 18.5. The van der Waals surface area contributed by atoms with E-state index in [2.05, 4.69) is 0 Å². The summed E-state index contributed by atoms with van der Waals surface area (Å²) < 4.78 is 23.9. The number of hydrogen-bond acceptors (Lipinski definition) is 4. The van der Waals surface area contributed by atoms with E-state index < -0.39 is 24.2 Å².